The van der Waals surface area contributed by atoms with E-state index in [1.807, 2.05) is 0 Å². The summed E-state index contributed by atoms with van der Waals surface area (Å²) in [6.07, 6.45) is 0. The van der Waals surface area contributed by atoms with E-state index in [0.717, 1.165) is 0 Å². The highest BCUT2D eigenvalue weighted by Crippen LogP contribution is 2.36. The molecule has 7 nitrogen and oxygen atoms in total. The molecule has 1 aliphatic carbocycles. The second-order valence-electron chi connectivity index (χ2n) is 5.64. The first-order valence-corrected chi connectivity index (χ1v) is 7.89. The fourth-order valence-corrected chi connectivity index (χ4v) is 2.94. The molecular formula is C18H19N3O4. The van der Waals surface area contributed by atoms with Gasteiger partial charge in [-0.25, -0.2) is 0 Å². The molecule has 0 heterocycles. The van der Waals surface area contributed by atoms with Gasteiger partial charge in [-0.15, -0.1) is 0 Å². The number of aliphatic hydroxyl groups excluding tert-OH is 1. The number of nitrogens with two attached hydrogens (primary N) is 2. The summed E-state index contributed by atoms with van der Waals surface area (Å²) in [5.74, 6) is -0.636. The average Bonchev–Trinajstić information content (AvgIpc) is 2.61. The number of nitrogens with one attached hydrogen (secondary N) is 1. The normalized spacial score (nSPS) is 12.7. The Labute approximate surface area is 144 Å². The van der Waals surface area contributed by atoms with E-state index >= 15 is 0 Å². The molecule has 0 aromatic heterocycles. The maximum atomic E-state index is 13.0. The van der Waals surface area contributed by atoms with E-state index in [9.17, 15) is 9.59 Å². The Morgan fingerprint density at radius 3 is 2.28 bits per heavy atom. The number of rotatable bonds is 6. The van der Waals surface area contributed by atoms with Crippen LogP contribution in [0.4, 0.5) is 17.1 Å². The van der Waals surface area contributed by atoms with Gasteiger partial charge >= 0.3 is 0 Å². The second kappa shape index (κ2) is 6.92. The van der Waals surface area contributed by atoms with Gasteiger partial charge in [0, 0.05) is 29.2 Å². The maximum Gasteiger partial charge on any atom is 0.198 e. The summed E-state index contributed by atoms with van der Waals surface area (Å²) in [5.41, 5.74) is 13.8. The summed E-state index contributed by atoms with van der Waals surface area (Å²) in [5, 5.41) is 11.8. The lowest BCUT2D eigenvalue weighted by Gasteiger charge is -2.23. The molecule has 1 aliphatic rings. The molecule has 0 bridgehead atoms. The third-order valence-electron chi connectivity index (χ3n) is 4.06. The van der Waals surface area contributed by atoms with Gasteiger partial charge in [-0.1, -0.05) is 12.1 Å². The molecule has 0 fully saturated rings. The van der Waals surface area contributed by atoms with E-state index in [1.165, 1.54) is 12.1 Å². The standard InChI is InChI=1S/C18H19N3O4/c19-11-4-5-12(20)16-15(11)17(23)10-2-1-3-13(14(10)18(16)24)21-6-8-25-9-7-22/h1-5,21-22H,6-9,19-20H2. The van der Waals surface area contributed by atoms with Crippen LogP contribution in [0.15, 0.2) is 30.3 Å². The van der Waals surface area contributed by atoms with Crippen molar-refractivity contribution < 1.29 is 19.4 Å². The van der Waals surface area contributed by atoms with Crippen molar-refractivity contribution in [3.63, 3.8) is 0 Å². The van der Waals surface area contributed by atoms with Crippen LogP contribution in [0.5, 0.6) is 0 Å². The summed E-state index contributed by atoms with van der Waals surface area (Å²) in [7, 11) is 0. The first kappa shape index (κ1) is 16.9. The Morgan fingerprint density at radius 1 is 0.920 bits per heavy atom. The number of anilines is 3. The smallest absolute Gasteiger partial charge is 0.198 e. The van der Waals surface area contributed by atoms with Crippen LogP contribution >= 0.6 is 0 Å². The Morgan fingerprint density at radius 2 is 1.60 bits per heavy atom. The van der Waals surface area contributed by atoms with E-state index in [-0.39, 0.29) is 47.3 Å². The summed E-state index contributed by atoms with van der Waals surface area (Å²) in [4.78, 5) is 25.8. The first-order valence-electron chi connectivity index (χ1n) is 7.89. The van der Waals surface area contributed by atoms with Crippen molar-refractivity contribution in [3.05, 3.63) is 52.6 Å². The number of ketones is 2. The Kier molecular flexibility index (Phi) is 4.69. The lowest BCUT2D eigenvalue weighted by Crippen LogP contribution is -2.25. The van der Waals surface area contributed by atoms with Crippen molar-refractivity contribution in [1.29, 1.82) is 0 Å². The van der Waals surface area contributed by atoms with Crippen molar-refractivity contribution in [3.8, 4) is 0 Å². The van der Waals surface area contributed by atoms with Gasteiger partial charge in [0.15, 0.2) is 11.6 Å². The highest BCUT2D eigenvalue weighted by atomic mass is 16.5. The van der Waals surface area contributed by atoms with Crippen molar-refractivity contribution in [1.82, 2.24) is 0 Å². The number of nitrogen functional groups attached to an aromatic ring is 2. The molecule has 0 saturated heterocycles. The molecule has 6 N–H and O–H groups in total. The number of carbonyl (C=O) groups excluding carboxylic acids is 2. The van der Waals surface area contributed by atoms with Gasteiger partial charge in [0.05, 0.1) is 36.5 Å². The molecular weight excluding hydrogens is 322 g/mol. The van der Waals surface area contributed by atoms with Gasteiger partial charge in [-0.05, 0) is 18.2 Å². The van der Waals surface area contributed by atoms with Gasteiger partial charge in [-0.2, -0.15) is 0 Å². The molecule has 0 atom stereocenters. The topological polar surface area (TPSA) is 128 Å². The van der Waals surface area contributed by atoms with Crippen LogP contribution in [0, 0.1) is 0 Å². The third-order valence-corrected chi connectivity index (χ3v) is 4.06. The largest absolute Gasteiger partial charge is 0.398 e. The van der Waals surface area contributed by atoms with Gasteiger partial charge in [0.25, 0.3) is 0 Å². The van der Waals surface area contributed by atoms with Crippen LogP contribution in [0.25, 0.3) is 0 Å². The SMILES string of the molecule is Nc1ccc(N)c2c1C(=O)c1cccc(NCCOCCO)c1C2=O. The quantitative estimate of drug-likeness (QED) is 0.390. The van der Waals surface area contributed by atoms with Gasteiger partial charge in [0.2, 0.25) is 0 Å². The molecule has 0 amide bonds. The fourth-order valence-electron chi connectivity index (χ4n) is 2.94. The number of hydrogen-bond acceptors (Lipinski definition) is 7. The maximum absolute atomic E-state index is 13.0. The Bertz CT molecular complexity index is 848. The molecule has 0 saturated carbocycles. The molecule has 3 rings (SSSR count). The first-order chi connectivity index (χ1) is 12.1. The molecule has 7 heteroatoms. The second-order valence-corrected chi connectivity index (χ2v) is 5.64. The monoisotopic (exact) mass is 341 g/mol. The summed E-state index contributed by atoms with van der Waals surface area (Å²) < 4.78 is 5.19. The minimum Gasteiger partial charge on any atom is -0.398 e. The van der Waals surface area contributed by atoms with E-state index in [2.05, 4.69) is 5.32 Å². The molecule has 2 aromatic carbocycles. The average molecular weight is 341 g/mol. The van der Waals surface area contributed by atoms with Gasteiger partial charge in [0.1, 0.15) is 0 Å². The predicted octanol–water partition coefficient (Wildman–Crippen LogP) is 1.05. The number of aliphatic hydroxyl groups is 1. The van der Waals surface area contributed by atoms with E-state index < -0.39 is 0 Å². The molecule has 0 aliphatic heterocycles. The van der Waals surface area contributed by atoms with E-state index in [0.29, 0.717) is 30.0 Å². The molecule has 0 unspecified atom stereocenters. The number of hydrogen-bond donors (Lipinski definition) is 4. The van der Waals surface area contributed by atoms with E-state index in [1.54, 1.807) is 18.2 Å². The summed E-state index contributed by atoms with van der Waals surface area (Å²) in [6, 6.07) is 8.10. The summed E-state index contributed by atoms with van der Waals surface area (Å²) in [6.45, 7) is 0.982. The van der Waals surface area contributed by atoms with Gasteiger partial charge in [-0.3, -0.25) is 9.59 Å². The predicted molar refractivity (Wildman–Crippen MR) is 95.0 cm³/mol. The van der Waals surface area contributed by atoms with Crippen molar-refractivity contribution in [2.75, 3.05) is 43.1 Å². The number of benzene rings is 2. The highest BCUT2D eigenvalue weighted by molar-refractivity contribution is 6.33. The Hall–Kier alpha value is -2.90. The molecule has 0 spiro atoms. The lowest BCUT2D eigenvalue weighted by atomic mass is 9.81. The van der Waals surface area contributed by atoms with Crippen molar-refractivity contribution in [2.45, 2.75) is 0 Å². The molecule has 25 heavy (non-hydrogen) atoms. The highest BCUT2D eigenvalue weighted by Gasteiger charge is 2.34. The lowest BCUT2D eigenvalue weighted by molar-refractivity contribution is 0.0978. The number of fused-ring (bicyclic) bond motifs is 2. The minimum absolute atomic E-state index is 0.0504. The number of carbonyl (C=O) groups is 2. The zero-order valence-corrected chi connectivity index (χ0v) is 13.5. The zero-order chi connectivity index (χ0) is 18.0. The fraction of sp³-hybridized carbons (Fsp3) is 0.222. The number of ether oxygens (including phenoxy) is 1. The van der Waals surface area contributed by atoms with Crippen LogP contribution in [0.1, 0.15) is 31.8 Å². The Balaban J connectivity index is 1.97. The zero-order valence-electron chi connectivity index (χ0n) is 13.5. The van der Waals surface area contributed by atoms with Crippen LogP contribution in [0.2, 0.25) is 0 Å². The van der Waals surface area contributed by atoms with Crippen molar-refractivity contribution in [2.24, 2.45) is 0 Å². The van der Waals surface area contributed by atoms with Crippen LogP contribution in [-0.4, -0.2) is 43.0 Å². The van der Waals surface area contributed by atoms with E-state index in [4.69, 9.17) is 21.3 Å². The third kappa shape index (κ3) is 2.95. The van der Waals surface area contributed by atoms with Crippen molar-refractivity contribution >= 4 is 28.6 Å². The molecule has 2 aromatic rings. The van der Waals surface area contributed by atoms with Crippen LogP contribution in [0.3, 0.4) is 0 Å². The molecule has 0 radical (unpaired) electrons. The molecule has 130 valence electrons. The summed E-state index contributed by atoms with van der Waals surface area (Å²) >= 11 is 0. The van der Waals surface area contributed by atoms with Gasteiger partial charge < -0.3 is 26.6 Å². The van der Waals surface area contributed by atoms with Crippen LogP contribution in [-0.2, 0) is 4.74 Å². The minimum atomic E-state index is -0.325. The van der Waals surface area contributed by atoms with Crippen LogP contribution < -0.4 is 16.8 Å².